The third-order valence-corrected chi connectivity index (χ3v) is 5.25. The third kappa shape index (κ3) is 2.58. The SMILES string of the molecule is Cc1c(C(=O)N2CCCCC2C)oc2c1C(O)CC(C)(C)C2. The molecule has 1 fully saturated rings. The van der Waals surface area contributed by atoms with Gasteiger partial charge in [0.1, 0.15) is 5.76 Å². The molecule has 2 unspecified atom stereocenters. The molecule has 122 valence electrons. The number of aliphatic hydroxyl groups excluding tert-OH is 1. The zero-order valence-electron chi connectivity index (χ0n) is 14.1. The molecule has 4 heteroatoms. The number of carbonyl (C=O) groups excluding carboxylic acids is 1. The highest BCUT2D eigenvalue weighted by atomic mass is 16.4. The van der Waals surface area contributed by atoms with Crippen LogP contribution in [0.2, 0.25) is 0 Å². The average molecular weight is 305 g/mol. The Kier molecular flexibility index (Phi) is 3.84. The first-order valence-electron chi connectivity index (χ1n) is 8.41. The van der Waals surface area contributed by atoms with Crippen molar-refractivity contribution >= 4 is 5.91 Å². The molecule has 1 N–H and O–H groups in total. The first kappa shape index (κ1) is 15.6. The largest absolute Gasteiger partial charge is 0.455 e. The van der Waals surface area contributed by atoms with Crippen LogP contribution >= 0.6 is 0 Å². The molecule has 1 aliphatic carbocycles. The lowest BCUT2D eigenvalue weighted by Gasteiger charge is -2.32. The molecule has 1 amide bonds. The summed E-state index contributed by atoms with van der Waals surface area (Å²) in [5, 5.41) is 10.5. The molecule has 0 bridgehead atoms. The standard InChI is InChI=1S/C18H27NO3/c1-11-7-5-6-8-19(11)17(21)16-12(2)15-13(20)9-18(3,4)10-14(15)22-16/h11,13,20H,5-10H2,1-4H3. The zero-order valence-corrected chi connectivity index (χ0v) is 14.1. The van der Waals surface area contributed by atoms with E-state index in [1.807, 2.05) is 11.8 Å². The summed E-state index contributed by atoms with van der Waals surface area (Å²) < 4.78 is 5.96. The van der Waals surface area contributed by atoms with E-state index in [4.69, 9.17) is 4.42 Å². The number of furan rings is 1. The predicted molar refractivity (Wildman–Crippen MR) is 84.9 cm³/mol. The van der Waals surface area contributed by atoms with E-state index in [1.54, 1.807) is 0 Å². The van der Waals surface area contributed by atoms with Crippen LogP contribution in [0.1, 0.15) is 80.0 Å². The van der Waals surface area contributed by atoms with E-state index < -0.39 is 6.10 Å². The van der Waals surface area contributed by atoms with Crippen molar-refractivity contribution in [1.82, 2.24) is 4.90 Å². The zero-order chi connectivity index (χ0) is 16.1. The number of hydrogen-bond donors (Lipinski definition) is 1. The Balaban J connectivity index is 1.94. The lowest BCUT2D eigenvalue weighted by molar-refractivity contribution is 0.0595. The lowest BCUT2D eigenvalue weighted by Crippen LogP contribution is -2.42. The molecule has 0 saturated carbocycles. The minimum absolute atomic E-state index is 0.00937. The van der Waals surface area contributed by atoms with Gasteiger partial charge in [-0.15, -0.1) is 0 Å². The van der Waals surface area contributed by atoms with Gasteiger partial charge in [0.05, 0.1) is 6.10 Å². The molecule has 22 heavy (non-hydrogen) atoms. The Morgan fingerprint density at radius 3 is 2.77 bits per heavy atom. The van der Waals surface area contributed by atoms with Crippen LogP contribution in [0.25, 0.3) is 0 Å². The van der Waals surface area contributed by atoms with Crippen molar-refractivity contribution in [2.45, 2.75) is 71.9 Å². The number of fused-ring (bicyclic) bond motifs is 1. The Morgan fingerprint density at radius 1 is 1.36 bits per heavy atom. The van der Waals surface area contributed by atoms with Crippen LogP contribution in [0, 0.1) is 12.3 Å². The van der Waals surface area contributed by atoms with Crippen LogP contribution in [0.15, 0.2) is 4.42 Å². The average Bonchev–Trinajstić information content (AvgIpc) is 2.74. The van der Waals surface area contributed by atoms with E-state index >= 15 is 0 Å². The molecule has 4 nitrogen and oxygen atoms in total. The van der Waals surface area contributed by atoms with Gasteiger partial charge in [0.15, 0.2) is 5.76 Å². The Morgan fingerprint density at radius 2 is 2.09 bits per heavy atom. The van der Waals surface area contributed by atoms with Crippen LogP contribution < -0.4 is 0 Å². The van der Waals surface area contributed by atoms with Gasteiger partial charge in [0, 0.05) is 30.1 Å². The van der Waals surface area contributed by atoms with Crippen molar-refractivity contribution < 1.29 is 14.3 Å². The molecule has 1 aromatic heterocycles. The number of hydrogen-bond acceptors (Lipinski definition) is 3. The molecular formula is C18H27NO3. The van der Waals surface area contributed by atoms with Crippen molar-refractivity contribution in [3.63, 3.8) is 0 Å². The van der Waals surface area contributed by atoms with Crippen LogP contribution in [0.3, 0.4) is 0 Å². The molecule has 2 aliphatic rings. The van der Waals surface area contributed by atoms with Crippen LogP contribution in [-0.4, -0.2) is 28.5 Å². The molecule has 2 atom stereocenters. The maximum Gasteiger partial charge on any atom is 0.290 e. The number of rotatable bonds is 1. The summed E-state index contributed by atoms with van der Waals surface area (Å²) in [5.41, 5.74) is 1.70. The summed E-state index contributed by atoms with van der Waals surface area (Å²) in [5.74, 6) is 1.23. The predicted octanol–water partition coefficient (Wildman–Crippen LogP) is 3.61. The van der Waals surface area contributed by atoms with E-state index in [9.17, 15) is 9.90 Å². The van der Waals surface area contributed by atoms with Gasteiger partial charge in [-0.2, -0.15) is 0 Å². The second kappa shape index (κ2) is 5.41. The van der Waals surface area contributed by atoms with Gasteiger partial charge >= 0.3 is 0 Å². The summed E-state index contributed by atoms with van der Waals surface area (Å²) in [6.45, 7) is 9.08. The number of carbonyl (C=O) groups is 1. The van der Waals surface area contributed by atoms with Gasteiger partial charge in [0.25, 0.3) is 5.91 Å². The van der Waals surface area contributed by atoms with Gasteiger partial charge in [-0.3, -0.25) is 4.79 Å². The number of nitrogens with zero attached hydrogens (tertiary/aromatic N) is 1. The Bertz CT molecular complexity index is 587. The van der Waals surface area contributed by atoms with E-state index in [-0.39, 0.29) is 17.4 Å². The van der Waals surface area contributed by atoms with Crippen molar-refractivity contribution in [1.29, 1.82) is 0 Å². The van der Waals surface area contributed by atoms with Gasteiger partial charge in [-0.25, -0.2) is 0 Å². The highest BCUT2D eigenvalue weighted by Gasteiger charge is 2.38. The normalized spacial score (nSPS) is 27.6. The second-order valence-electron chi connectivity index (χ2n) is 7.80. The fraction of sp³-hybridized carbons (Fsp3) is 0.722. The molecular weight excluding hydrogens is 278 g/mol. The maximum atomic E-state index is 12.9. The second-order valence-corrected chi connectivity index (χ2v) is 7.80. The number of amides is 1. The summed E-state index contributed by atoms with van der Waals surface area (Å²) in [7, 11) is 0. The van der Waals surface area contributed by atoms with Crippen LogP contribution in [0.5, 0.6) is 0 Å². The molecule has 2 heterocycles. The molecule has 0 spiro atoms. The van der Waals surface area contributed by atoms with E-state index in [0.717, 1.165) is 42.7 Å². The lowest BCUT2D eigenvalue weighted by atomic mass is 9.75. The smallest absolute Gasteiger partial charge is 0.290 e. The topological polar surface area (TPSA) is 53.7 Å². The van der Waals surface area contributed by atoms with Crippen molar-refractivity contribution in [2.75, 3.05) is 6.54 Å². The third-order valence-electron chi connectivity index (χ3n) is 5.25. The minimum Gasteiger partial charge on any atom is -0.455 e. The van der Waals surface area contributed by atoms with E-state index in [0.29, 0.717) is 12.2 Å². The van der Waals surface area contributed by atoms with Gasteiger partial charge in [-0.05, 0) is 44.9 Å². The van der Waals surface area contributed by atoms with E-state index in [1.165, 1.54) is 6.42 Å². The first-order chi connectivity index (χ1) is 10.3. The molecule has 1 saturated heterocycles. The molecule has 0 aromatic carbocycles. The minimum atomic E-state index is -0.525. The fourth-order valence-corrected chi connectivity index (χ4v) is 4.02. The van der Waals surface area contributed by atoms with E-state index in [2.05, 4.69) is 20.8 Å². The molecule has 1 aliphatic heterocycles. The van der Waals surface area contributed by atoms with Crippen LogP contribution in [-0.2, 0) is 6.42 Å². The maximum absolute atomic E-state index is 12.9. The van der Waals surface area contributed by atoms with Crippen molar-refractivity contribution in [3.8, 4) is 0 Å². The highest BCUT2D eigenvalue weighted by molar-refractivity contribution is 5.93. The molecule has 0 radical (unpaired) electrons. The van der Waals surface area contributed by atoms with Crippen molar-refractivity contribution in [3.05, 3.63) is 22.6 Å². The summed E-state index contributed by atoms with van der Waals surface area (Å²) >= 11 is 0. The Labute approximate surface area is 132 Å². The molecule has 1 aromatic rings. The van der Waals surface area contributed by atoms with Crippen LogP contribution in [0.4, 0.5) is 0 Å². The molecule has 3 rings (SSSR count). The summed E-state index contributed by atoms with van der Waals surface area (Å²) in [6, 6.07) is 0.268. The number of aliphatic hydroxyl groups is 1. The van der Waals surface area contributed by atoms with Gasteiger partial charge in [-0.1, -0.05) is 13.8 Å². The Hall–Kier alpha value is -1.29. The summed E-state index contributed by atoms with van der Waals surface area (Å²) in [6.07, 6.45) is 4.28. The number of piperidine rings is 1. The first-order valence-corrected chi connectivity index (χ1v) is 8.41. The van der Waals surface area contributed by atoms with Gasteiger partial charge in [0.2, 0.25) is 0 Å². The highest BCUT2D eigenvalue weighted by Crippen LogP contribution is 2.44. The monoisotopic (exact) mass is 305 g/mol. The van der Waals surface area contributed by atoms with Gasteiger partial charge < -0.3 is 14.4 Å². The summed E-state index contributed by atoms with van der Waals surface area (Å²) in [4.78, 5) is 14.8. The number of likely N-dealkylation sites (tertiary alicyclic amines) is 1. The fourth-order valence-electron chi connectivity index (χ4n) is 4.02. The van der Waals surface area contributed by atoms with Crippen molar-refractivity contribution in [2.24, 2.45) is 5.41 Å². The quantitative estimate of drug-likeness (QED) is 0.862.